The average molecular weight is 248 g/mol. The molecule has 0 saturated carbocycles. The van der Waals surface area contributed by atoms with Crippen LogP contribution in [0, 0.1) is 5.92 Å². The van der Waals surface area contributed by atoms with Gasteiger partial charge in [0.05, 0.1) is 0 Å². The number of hydrogen-bond donors (Lipinski definition) is 1. The molecule has 98 valence electrons. The molecule has 0 amide bonds. The maximum atomic E-state index is 11.3. The summed E-state index contributed by atoms with van der Waals surface area (Å²) in [6.07, 6.45) is 6.33. The fraction of sp³-hybridized carbons (Fsp3) is 0.571. The molecule has 0 bridgehead atoms. The molecule has 1 aliphatic rings. The largest absolute Gasteiger partial charge is 0.480 e. The summed E-state index contributed by atoms with van der Waals surface area (Å²) in [5.74, 6) is -0.173. The number of pyridine rings is 1. The summed E-state index contributed by atoms with van der Waals surface area (Å²) in [6, 6.07) is 3.64. The monoisotopic (exact) mass is 248 g/mol. The third kappa shape index (κ3) is 3.29. The van der Waals surface area contributed by atoms with E-state index in [1.807, 2.05) is 18.3 Å². The van der Waals surface area contributed by atoms with E-state index in [1.165, 1.54) is 5.56 Å². The Kier molecular flexibility index (Phi) is 4.31. The van der Waals surface area contributed by atoms with Crippen molar-refractivity contribution in [3.63, 3.8) is 0 Å². The van der Waals surface area contributed by atoms with Crippen LogP contribution in [-0.4, -0.2) is 40.1 Å². The van der Waals surface area contributed by atoms with Crippen molar-refractivity contribution in [1.29, 1.82) is 0 Å². The van der Waals surface area contributed by atoms with Gasteiger partial charge in [0.1, 0.15) is 6.04 Å². The first-order valence-electron chi connectivity index (χ1n) is 6.52. The minimum atomic E-state index is -0.687. The molecule has 4 nitrogen and oxygen atoms in total. The number of carbonyl (C=O) groups is 1. The van der Waals surface area contributed by atoms with E-state index in [4.69, 9.17) is 0 Å². The van der Waals surface area contributed by atoms with Gasteiger partial charge in [0, 0.05) is 18.9 Å². The normalized spacial score (nSPS) is 24.9. The number of carboxylic acid groups (broad SMARTS) is 1. The Balaban J connectivity index is 1.93. The lowest BCUT2D eigenvalue weighted by Crippen LogP contribution is -2.47. The van der Waals surface area contributed by atoms with Crippen molar-refractivity contribution < 1.29 is 9.90 Å². The van der Waals surface area contributed by atoms with Crippen LogP contribution in [0.5, 0.6) is 0 Å². The van der Waals surface area contributed by atoms with Gasteiger partial charge in [-0.3, -0.25) is 14.7 Å². The highest BCUT2D eigenvalue weighted by Crippen LogP contribution is 2.22. The van der Waals surface area contributed by atoms with Gasteiger partial charge in [-0.1, -0.05) is 13.0 Å². The zero-order valence-corrected chi connectivity index (χ0v) is 10.7. The lowest BCUT2D eigenvalue weighted by Gasteiger charge is -2.35. The summed E-state index contributed by atoms with van der Waals surface area (Å²) >= 11 is 0. The van der Waals surface area contributed by atoms with E-state index < -0.39 is 5.97 Å². The average Bonchev–Trinajstić information content (AvgIpc) is 2.38. The summed E-state index contributed by atoms with van der Waals surface area (Å²) in [6.45, 7) is 3.82. The first-order valence-corrected chi connectivity index (χ1v) is 6.52. The molecule has 1 saturated heterocycles. The fourth-order valence-electron chi connectivity index (χ4n) is 2.53. The molecule has 0 spiro atoms. The molecule has 2 unspecified atom stereocenters. The van der Waals surface area contributed by atoms with Gasteiger partial charge >= 0.3 is 5.97 Å². The summed E-state index contributed by atoms with van der Waals surface area (Å²) in [5, 5.41) is 9.27. The predicted molar refractivity (Wildman–Crippen MR) is 69.3 cm³/mol. The second kappa shape index (κ2) is 5.96. The molecule has 1 aromatic rings. The zero-order chi connectivity index (χ0) is 13.0. The highest BCUT2D eigenvalue weighted by atomic mass is 16.4. The van der Waals surface area contributed by atoms with Crippen molar-refractivity contribution >= 4 is 5.97 Å². The van der Waals surface area contributed by atoms with Crippen molar-refractivity contribution in [2.24, 2.45) is 5.92 Å². The van der Waals surface area contributed by atoms with Crippen molar-refractivity contribution in [1.82, 2.24) is 9.88 Å². The van der Waals surface area contributed by atoms with E-state index in [2.05, 4.69) is 16.8 Å². The molecule has 1 aliphatic heterocycles. The minimum absolute atomic E-state index is 0.314. The van der Waals surface area contributed by atoms with Crippen LogP contribution >= 0.6 is 0 Å². The summed E-state index contributed by atoms with van der Waals surface area (Å²) < 4.78 is 0. The van der Waals surface area contributed by atoms with Crippen molar-refractivity contribution in [2.45, 2.75) is 32.2 Å². The molecule has 18 heavy (non-hydrogen) atoms. The van der Waals surface area contributed by atoms with Crippen molar-refractivity contribution in [2.75, 3.05) is 13.1 Å². The van der Waals surface area contributed by atoms with E-state index >= 15 is 0 Å². The number of carboxylic acids is 1. The quantitative estimate of drug-likeness (QED) is 0.883. The van der Waals surface area contributed by atoms with Crippen LogP contribution in [0.4, 0.5) is 0 Å². The molecule has 2 atom stereocenters. The minimum Gasteiger partial charge on any atom is -0.480 e. The molecular formula is C14H20N2O2. The van der Waals surface area contributed by atoms with Gasteiger partial charge in [-0.2, -0.15) is 0 Å². The third-order valence-corrected chi connectivity index (χ3v) is 3.67. The Morgan fingerprint density at radius 3 is 3.11 bits per heavy atom. The highest BCUT2D eigenvalue weighted by Gasteiger charge is 2.31. The van der Waals surface area contributed by atoms with Crippen LogP contribution in [0.15, 0.2) is 24.5 Å². The van der Waals surface area contributed by atoms with E-state index in [1.54, 1.807) is 6.20 Å². The Labute approximate surface area is 108 Å². The molecule has 2 rings (SSSR count). The second-order valence-corrected chi connectivity index (χ2v) is 5.13. The van der Waals surface area contributed by atoms with Crippen molar-refractivity contribution in [3.8, 4) is 0 Å². The highest BCUT2D eigenvalue weighted by molar-refractivity contribution is 5.73. The molecule has 4 heteroatoms. The molecule has 0 aromatic carbocycles. The van der Waals surface area contributed by atoms with Gasteiger partial charge in [-0.15, -0.1) is 0 Å². The van der Waals surface area contributed by atoms with Crippen LogP contribution in [0.25, 0.3) is 0 Å². The molecule has 1 aromatic heterocycles. The number of piperidine rings is 1. The number of aromatic nitrogens is 1. The number of hydrogen-bond acceptors (Lipinski definition) is 3. The van der Waals surface area contributed by atoms with E-state index in [9.17, 15) is 9.90 Å². The van der Waals surface area contributed by atoms with Crippen molar-refractivity contribution in [3.05, 3.63) is 30.1 Å². The van der Waals surface area contributed by atoms with Gasteiger partial charge in [0.25, 0.3) is 0 Å². The standard InChI is InChI=1S/C14H20N2O2/c1-11-4-7-16(13(9-11)14(17)18)8-5-12-3-2-6-15-10-12/h2-3,6,10-11,13H,4-5,7-9H2,1H3,(H,17,18). The number of likely N-dealkylation sites (tertiary alicyclic amines) is 1. The summed E-state index contributed by atoms with van der Waals surface area (Å²) in [5.41, 5.74) is 1.17. The number of rotatable bonds is 4. The van der Waals surface area contributed by atoms with Crippen LogP contribution in [-0.2, 0) is 11.2 Å². The topological polar surface area (TPSA) is 53.4 Å². The lowest BCUT2D eigenvalue weighted by molar-refractivity contribution is -0.145. The number of nitrogens with zero attached hydrogens (tertiary/aromatic N) is 2. The smallest absolute Gasteiger partial charge is 0.320 e. The Bertz CT molecular complexity index is 394. The van der Waals surface area contributed by atoms with Gasteiger partial charge in [0.15, 0.2) is 0 Å². The fourth-order valence-corrected chi connectivity index (χ4v) is 2.53. The maximum Gasteiger partial charge on any atom is 0.320 e. The molecule has 1 N–H and O–H groups in total. The summed E-state index contributed by atoms with van der Waals surface area (Å²) in [4.78, 5) is 17.4. The lowest BCUT2D eigenvalue weighted by atomic mass is 9.92. The molecule has 0 radical (unpaired) electrons. The van der Waals surface area contributed by atoms with Gasteiger partial charge in [0.2, 0.25) is 0 Å². The second-order valence-electron chi connectivity index (χ2n) is 5.13. The molecular weight excluding hydrogens is 228 g/mol. The van der Waals surface area contributed by atoms with Gasteiger partial charge in [-0.05, 0) is 43.4 Å². The van der Waals surface area contributed by atoms with Gasteiger partial charge < -0.3 is 5.11 Å². The van der Waals surface area contributed by atoms with Crippen LogP contribution in [0.1, 0.15) is 25.3 Å². The van der Waals surface area contributed by atoms with Crippen LogP contribution in [0.2, 0.25) is 0 Å². The zero-order valence-electron chi connectivity index (χ0n) is 10.7. The van der Waals surface area contributed by atoms with E-state index in [0.29, 0.717) is 5.92 Å². The van der Waals surface area contributed by atoms with E-state index in [-0.39, 0.29) is 6.04 Å². The molecule has 0 aliphatic carbocycles. The van der Waals surface area contributed by atoms with Crippen LogP contribution in [0.3, 0.4) is 0 Å². The SMILES string of the molecule is CC1CCN(CCc2cccnc2)C(C(=O)O)C1. The van der Waals surface area contributed by atoms with Gasteiger partial charge in [-0.25, -0.2) is 0 Å². The summed E-state index contributed by atoms with van der Waals surface area (Å²) in [7, 11) is 0. The predicted octanol–water partition coefficient (Wildman–Crippen LogP) is 1.81. The Morgan fingerprint density at radius 2 is 2.44 bits per heavy atom. The molecule has 2 heterocycles. The third-order valence-electron chi connectivity index (χ3n) is 3.67. The first kappa shape index (κ1) is 13.0. The molecule has 1 fully saturated rings. The number of aliphatic carboxylic acids is 1. The Morgan fingerprint density at radius 1 is 1.61 bits per heavy atom. The van der Waals surface area contributed by atoms with E-state index in [0.717, 1.165) is 32.4 Å². The first-order chi connectivity index (χ1) is 8.66. The van der Waals surface area contributed by atoms with Crippen LogP contribution < -0.4 is 0 Å². The maximum absolute atomic E-state index is 11.3. The Hall–Kier alpha value is -1.42.